The van der Waals surface area contributed by atoms with E-state index in [1.807, 2.05) is 0 Å². The van der Waals surface area contributed by atoms with Crippen LogP contribution in [0.15, 0.2) is 46.0 Å². The van der Waals surface area contributed by atoms with Gasteiger partial charge in [-0.1, -0.05) is 13.8 Å². The van der Waals surface area contributed by atoms with Crippen molar-refractivity contribution in [3.63, 3.8) is 0 Å². The predicted molar refractivity (Wildman–Crippen MR) is 161 cm³/mol. The molecule has 9 atom stereocenters. The molecule has 0 amide bonds. The van der Waals surface area contributed by atoms with Crippen molar-refractivity contribution in [2.45, 2.75) is 109 Å². The number of rotatable bonds is 10. The van der Waals surface area contributed by atoms with E-state index in [9.17, 15) is 29.1 Å². The van der Waals surface area contributed by atoms with Gasteiger partial charge in [0, 0.05) is 26.2 Å². The average Bonchev–Trinajstić information content (AvgIpc) is 3.77. The van der Waals surface area contributed by atoms with Crippen LogP contribution in [0.1, 0.15) is 88.4 Å². The van der Waals surface area contributed by atoms with Gasteiger partial charge in [0.05, 0.1) is 41.8 Å². The van der Waals surface area contributed by atoms with Gasteiger partial charge in [0.15, 0.2) is 11.7 Å². The lowest BCUT2D eigenvalue weighted by atomic mass is 9.46. The average molecular weight is 675 g/mol. The monoisotopic (exact) mass is 674 g/mol. The SMILES string of the molecule is CCC(C)C(=O)O[C@H]1[C@@H](OC(=O)c2ccoc2)C[C@](C)(OC(C)=O)[C@]23OC(C)(C)[C@H](C[C@H](OC(=O)c4ccoc4)[C@]12CO)[C@@H]3OC(C)=O. The second kappa shape index (κ2) is 12.7. The van der Waals surface area contributed by atoms with E-state index in [0.717, 1.165) is 0 Å². The van der Waals surface area contributed by atoms with Gasteiger partial charge < -0.3 is 42.4 Å². The van der Waals surface area contributed by atoms with E-state index >= 15 is 0 Å². The molecule has 1 spiro atoms. The number of esters is 5. The van der Waals surface area contributed by atoms with E-state index in [1.165, 1.54) is 58.0 Å². The fraction of sp³-hybridized carbons (Fsp3) is 0.618. The maximum absolute atomic E-state index is 13.7. The van der Waals surface area contributed by atoms with Crippen LogP contribution in [-0.4, -0.2) is 82.8 Å². The number of ether oxygens (including phenoxy) is 6. The summed E-state index contributed by atoms with van der Waals surface area (Å²) in [6, 6.07) is 2.77. The minimum absolute atomic E-state index is 0.0391. The van der Waals surface area contributed by atoms with Crippen LogP contribution in [0.5, 0.6) is 0 Å². The Hall–Kier alpha value is -4.17. The highest BCUT2D eigenvalue weighted by Gasteiger charge is 2.87. The van der Waals surface area contributed by atoms with Crippen molar-refractivity contribution in [2.75, 3.05) is 6.61 Å². The number of carbonyl (C=O) groups excluding carboxylic acids is 5. The fourth-order valence-electron chi connectivity index (χ4n) is 8.01. The second-order valence-electron chi connectivity index (χ2n) is 13.6. The number of hydrogen-bond donors (Lipinski definition) is 1. The van der Waals surface area contributed by atoms with Crippen molar-refractivity contribution in [2.24, 2.45) is 17.3 Å². The van der Waals surface area contributed by atoms with Crippen LogP contribution in [0.3, 0.4) is 0 Å². The highest BCUT2D eigenvalue weighted by atomic mass is 16.7. The lowest BCUT2D eigenvalue weighted by Gasteiger charge is -2.66. The number of hydrogen-bond acceptors (Lipinski definition) is 14. The van der Waals surface area contributed by atoms with Gasteiger partial charge >= 0.3 is 29.8 Å². The second-order valence-corrected chi connectivity index (χ2v) is 13.6. The summed E-state index contributed by atoms with van der Waals surface area (Å²) in [4.78, 5) is 66.5. The van der Waals surface area contributed by atoms with Crippen LogP contribution >= 0.6 is 0 Å². The van der Waals surface area contributed by atoms with Gasteiger partial charge in [-0.3, -0.25) is 14.4 Å². The zero-order valence-electron chi connectivity index (χ0n) is 28.0. The fourth-order valence-corrected chi connectivity index (χ4v) is 8.01. The number of carbonyl (C=O) groups is 5. The topological polar surface area (TPSA) is 187 Å². The molecule has 3 aliphatic rings. The van der Waals surface area contributed by atoms with Gasteiger partial charge in [-0.15, -0.1) is 0 Å². The first-order chi connectivity index (χ1) is 22.6. The summed E-state index contributed by atoms with van der Waals surface area (Å²) in [6.45, 7) is 9.87. The Balaban J connectivity index is 1.81. The molecule has 3 heterocycles. The van der Waals surface area contributed by atoms with Gasteiger partial charge in [-0.2, -0.15) is 0 Å². The van der Waals surface area contributed by atoms with Crippen LogP contribution < -0.4 is 0 Å². The smallest absolute Gasteiger partial charge is 0.341 e. The maximum atomic E-state index is 13.7. The van der Waals surface area contributed by atoms with Crippen molar-refractivity contribution in [3.05, 3.63) is 48.3 Å². The molecule has 1 N–H and O–H groups in total. The van der Waals surface area contributed by atoms with Crippen LogP contribution in [0.4, 0.5) is 0 Å². The van der Waals surface area contributed by atoms with Crippen LogP contribution in [0.25, 0.3) is 0 Å². The summed E-state index contributed by atoms with van der Waals surface area (Å²) < 4.78 is 47.6. The van der Waals surface area contributed by atoms with Crippen LogP contribution in [-0.2, 0) is 42.8 Å². The normalized spacial score (nSPS) is 33.9. The van der Waals surface area contributed by atoms with Crippen molar-refractivity contribution in [3.8, 4) is 0 Å². The first kappa shape index (κ1) is 35.1. The van der Waals surface area contributed by atoms with Gasteiger partial charge in [0.25, 0.3) is 0 Å². The highest BCUT2D eigenvalue weighted by molar-refractivity contribution is 5.89. The third-order valence-corrected chi connectivity index (χ3v) is 10.2. The Labute approximate surface area is 277 Å². The minimum Gasteiger partial charge on any atom is -0.472 e. The molecule has 0 aromatic carbocycles. The molecule has 3 fully saturated rings. The molecule has 14 heteroatoms. The van der Waals surface area contributed by atoms with E-state index in [2.05, 4.69) is 0 Å². The lowest BCUT2D eigenvalue weighted by molar-refractivity contribution is -0.356. The molecule has 2 bridgehead atoms. The van der Waals surface area contributed by atoms with Crippen molar-refractivity contribution < 1.29 is 66.3 Å². The number of aliphatic hydroxyl groups excluding tert-OH is 1. The summed E-state index contributed by atoms with van der Waals surface area (Å²) in [7, 11) is 0. The third-order valence-electron chi connectivity index (χ3n) is 10.2. The predicted octanol–water partition coefficient (Wildman–Crippen LogP) is 3.78. The molecular weight excluding hydrogens is 632 g/mol. The van der Waals surface area contributed by atoms with Gasteiger partial charge in [-0.25, -0.2) is 9.59 Å². The molecule has 2 aromatic rings. The summed E-state index contributed by atoms with van der Waals surface area (Å²) in [5, 5.41) is 11.8. The zero-order valence-corrected chi connectivity index (χ0v) is 28.0. The highest BCUT2D eigenvalue weighted by Crippen LogP contribution is 2.69. The Morgan fingerprint density at radius 2 is 1.50 bits per heavy atom. The molecule has 2 saturated carbocycles. The lowest BCUT2D eigenvalue weighted by Crippen LogP contribution is -2.84. The quantitative estimate of drug-likeness (QED) is 0.283. The molecule has 1 aliphatic heterocycles. The molecule has 48 heavy (non-hydrogen) atoms. The molecule has 2 aliphatic carbocycles. The Morgan fingerprint density at radius 1 is 0.896 bits per heavy atom. The van der Waals surface area contributed by atoms with E-state index in [-0.39, 0.29) is 24.0 Å². The van der Waals surface area contributed by atoms with Crippen molar-refractivity contribution >= 4 is 29.8 Å². The first-order valence-electron chi connectivity index (χ1n) is 15.9. The van der Waals surface area contributed by atoms with Crippen LogP contribution in [0.2, 0.25) is 0 Å². The molecule has 0 radical (unpaired) electrons. The Kier molecular flexibility index (Phi) is 9.30. The van der Waals surface area contributed by atoms with Crippen molar-refractivity contribution in [1.82, 2.24) is 0 Å². The molecule has 14 nitrogen and oxygen atoms in total. The molecular formula is C34H42O14. The third kappa shape index (κ3) is 5.48. The van der Waals surface area contributed by atoms with Crippen molar-refractivity contribution in [1.29, 1.82) is 0 Å². The van der Waals surface area contributed by atoms with Gasteiger partial charge in [-0.05, 0) is 45.7 Å². The standard InChI is InChI=1S/C34H42O14/c1-8-18(2)28(38)46-27-24(44-29(39)21-9-11-41-15-21)14-32(7,47-20(4)37)34-26(43-19(3)36)23(31(5,6)48-34)13-25(33(27,34)17-35)45-30(40)22-10-12-42-16-22/h9-12,15-16,18,23-27,35H,8,13-14,17H2,1-7H3/t18?,23-,24+,25+,26+,27+,32+,33-,34+/m1/s1. The zero-order chi connectivity index (χ0) is 35.2. The summed E-state index contributed by atoms with van der Waals surface area (Å²) >= 11 is 0. The van der Waals surface area contributed by atoms with Gasteiger partial charge in [0.1, 0.15) is 41.9 Å². The summed E-state index contributed by atoms with van der Waals surface area (Å²) in [6.07, 6.45) is -0.672. The number of aliphatic hydroxyl groups is 1. The molecule has 5 rings (SSSR count). The van der Waals surface area contributed by atoms with E-state index < -0.39 is 94.9 Å². The number of furan rings is 2. The molecule has 262 valence electrons. The first-order valence-corrected chi connectivity index (χ1v) is 15.9. The number of fused-ring (bicyclic) bond motifs is 1. The Morgan fingerprint density at radius 3 is 2.00 bits per heavy atom. The maximum Gasteiger partial charge on any atom is 0.341 e. The largest absolute Gasteiger partial charge is 0.472 e. The molecule has 1 saturated heterocycles. The summed E-state index contributed by atoms with van der Waals surface area (Å²) in [5.41, 5.74) is -7.00. The molecule has 2 aromatic heterocycles. The Bertz CT molecular complexity index is 1530. The van der Waals surface area contributed by atoms with Gasteiger partial charge in [0.2, 0.25) is 0 Å². The van der Waals surface area contributed by atoms with E-state index in [1.54, 1.807) is 27.7 Å². The van der Waals surface area contributed by atoms with Crippen LogP contribution in [0, 0.1) is 17.3 Å². The minimum atomic E-state index is -2.07. The van der Waals surface area contributed by atoms with E-state index in [0.29, 0.717) is 6.42 Å². The van der Waals surface area contributed by atoms with E-state index in [4.69, 9.17) is 37.3 Å². The summed E-state index contributed by atoms with van der Waals surface area (Å²) in [5.74, 6) is -5.19. The molecule has 1 unspecified atom stereocenters.